The number of imide groups is 2. The van der Waals surface area contributed by atoms with E-state index in [1.165, 1.54) is 12.8 Å². The summed E-state index contributed by atoms with van der Waals surface area (Å²) >= 11 is 0. The minimum absolute atomic E-state index is 0.125. The lowest BCUT2D eigenvalue weighted by atomic mass is 10.0. The number of benzene rings is 1. The first-order valence-corrected chi connectivity index (χ1v) is 9.83. The molecule has 5 rings (SSSR count). The molecule has 1 unspecified atom stereocenters. The second-order valence-corrected chi connectivity index (χ2v) is 8.12. The van der Waals surface area contributed by atoms with Gasteiger partial charge in [-0.2, -0.15) is 0 Å². The maximum Gasteiger partial charge on any atom is 0.262 e. The fraction of sp³-hybridized carbons (Fsp3) is 0.500. The zero-order chi connectivity index (χ0) is 19.4. The van der Waals surface area contributed by atoms with Crippen LogP contribution in [0.15, 0.2) is 18.2 Å². The molecule has 4 heterocycles. The van der Waals surface area contributed by atoms with Crippen molar-refractivity contribution in [2.24, 2.45) is 0 Å². The molecule has 0 spiro atoms. The molecule has 28 heavy (non-hydrogen) atoms. The van der Waals surface area contributed by atoms with Crippen LogP contribution in [0.1, 0.15) is 52.0 Å². The van der Waals surface area contributed by atoms with Crippen LogP contribution >= 0.6 is 0 Å². The number of nitrogens with zero attached hydrogens (tertiary/aromatic N) is 2. The predicted octanol–water partition coefficient (Wildman–Crippen LogP) is 0.0240. The zero-order valence-corrected chi connectivity index (χ0v) is 15.4. The molecule has 0 aromatic heterocycles. The maximum absolute atomic E-state index is 13.1. The highest BCUT2D eigenvalue weighted by Gasteiger charge is 2.45. The van der Waals surface area contributed by atoms with Gasteiger partial charge in [0.05, 0.1) is 11.1 Å². The van der Waals surface area contributed by atoms with E-state index in [1.54, 1.807) is 12.1 Å². The van der Waals surface area contributed by atoms with Gasteiger partial charge in [-0.1, -0.05) is 12.1 Å². The number of amides is 4. The van der Waals surface area contributed by atoms with Crippen molar-refractivity contribution in [3.05, 3.63) is 34.9 Å². The van der Waals surface area contributed by atoms with Crippen LogP contribution < -0.4 is 10.6 Å². The predicted molar refractivity (Wildman–Crippen MR) is 98.3 cm³/mol. The highest BCUT2D eigenvalue weighted by Crippen LogP contribution is 2.31. The first-order chi connectivity index (χ1) is 13.5. The molecule has 0 radical (unpaired) electrons. The molecule has 2 N–H and O–H groups in total. The molecule has 4 aliphatic heterocycles. The van der Waals surface area contributed by atoms with Gasteiger partial charge in [-0.3, -0.25) is 34.3 Å². The van der Waals surface area contributed by atoms with Crippen LogP contribution in [-0.4, -0.2) is 64.6 Å². The second kappa shape index (κ2) is 6.49. The Hall–Kier alpha value is -2.58. The van der Waals surface area contributed by atoms with E-state index in [0.29, 0.717) is 29.8 Å². The standard InChI is InChI=1S/C20H22N4O4/c25-16-7-6-15(18(26)22-16)24-19(27)14-3-1-2-11(17(14)20(24)28)8-23-9-12-4-5-13(10-23)21-12/h1-3,12-13,15,21H,4-10H2,(H,22,25,26)/t12-,13+,15?. The molecule has 3 atom stereocenters. The largest absolute Gasteiger partial charge is 0.309 e. The van der Waals surface area contributed by atoms with E-state index < -0.39 is 23.8 Å². The molecule has 4 aliphatic rings. The van der Waals surface area contributed by atoms with E-state index >= 15 is 0 Å². The van der Waals surface area contributed by atoms with Crippen LogP contribution in [0.2, 0.25) is 0 Å². The van der Waals surface area contributed by atoms with Crippen LogP contribution in [0.5, 0.6) is 0 Å². The van der Waals surface area contributed by atoms with Gasteiger partial charge in [0.1, 0.15) is 6.04 Å². The SMILES string of the molecule is O=C1CCC(N2C(=O)c3cccc(CN4C[C@H]5CC[C@@H](C4)N5)c3C2=O)C(=O)N1. The third-order valence-electron chi connectivity index (χ3n) is 6.24. The van der Waals surface area contributed by atoms with Gasteiger partial charge in [-0.25, -0.2) is 0 Å². The average molecular weight is 382 g/mol. The monoisotopic (exact) mass is 382 g/mol. The van der Waals surface area contributed by atoms with Crippen molar-refractivity contribution in [1.82, 2.24) is 20.4 Å². The van der Waals surface area contributed by atoms with Crippen molar-refractivity contribution in [2.45, 2.75) is 50.4 Å². The summed E-state index contributed by atoms with van der Waals surface area (Å²) in [4.78, 5) is 53.1. The molecule has 146 valence electrons. The summed E-state index contributed by atoms with van der Waals surface area (Å²) in [5.41, 5.74) is 1.58. The van der Waals surface area contributed by atoms with Crippen molar-refractivity contribution in [1.29, 1.82) is 0 Å². The summed E-state index contributed by atoms with van der Waals surface area (Å²) in [5.74, 6) is -1.82. The van der Waals surface area contributed by atoms with E-state index in [-0.39, 0.29) is 18.7 Å². The number of carbonyl (C=O) groups is 4. The minimum atomic E-state index is -0.923. The summed E-state index contributed by atoms with van der Waals surface area (Å²) in [6, 6.07) is 5.40. The van der Waals surface area contributed by atoms with Gasteiger partial charge in [0.2, 0.25) is 11.8 Å². The van der Waals surface area contributed by atoms with Crippen LogP contribution in [0, 0.1) is 0 Å². The van der Waals surface area contributed by atoms with Gasteiger partial charge < -0.3 is 5.32 Å². The number of fused-ring (bicyclic) bond motifs is 3. The Morgan fingerprint density at radius 1 is 0.964 bits per heavy atom. The molecule has 3 saturated heterocycles. The topological polar surface area (TPSA) is 98.8 Å². The lowest BCUT2D eigenvalue weighted by Gasteiger charge is -2.33. The number of rotatable bonds is 3. The van der Waals surface area contributed by atoms with Crippen LogP contribution in [0.3, 0.4) is 0 Å². The van der Waals surface area contributed by atoms with Gasteiger partial charge in [0.25, 0.3) is 11.8 Å². The van der Waals surface area contributed by atoms with E-state index in [9.17, 15) is 19.2 Å². The first-order valence-electron chi connectivity index (χ1n) is 9.83. The molecule has 8 heteroatoms. The number of nitrogens with one attached hydrogen (secondary N) is 2. The van der Waals surface area contributed by atoms with E-state index in [0.717, 1.165) is 23.6 Å². The van der Waals surface area contributed by atoms with E-state index in [4.69, 9.17) is 0 Å². The summed E-state index contributed by atoms with van der Waals surface area (Å²) < 4.78 is 0. The van der Waals surface area contributed by atoms with Gasteiger partial charge in [-0.05, 0) is 30.9 Å². The molecule has 1 aromatic rings. The van der Waals surface area contributed by atoms with Gasteiger partial charge in [-0.15, -0.1) is 0 Å². The number of piperidine rings is 1. The Kier molecular flexibility index (Phi) is 4.06. The Bertz CT molecular complexity index is 886. The fourth-order valence-electron chi connectivity index (χ4n) is 4.97. The van der Waals surface area contributed by atoms with Crippen LogP contribution in [0.4, 0.5) is 0 Å². The molecular weight excluding hydrogens is 360 g/mol. The molecule has 1 aromatic carbocycles. The third kappa shape index (κ3) is 2.75. The number of hydrogen-bond donors (Lipinski definition) is 2. The highest BCUT2D eigenvalue weighted by molar-refractivity contribution is 6.24. The van der Waals surface area contributed by atoms with Gasteiger partial charge in [0, 0.05) is 38.1 Å². The molecule has 4 amide bonds. The number of piperazine rings is 1. The Labute approximate surface area is 162 Å². The van der Waals surface area contributed by atoms with Crippen molar-refractivity contribution in [3.8, 4) is 0 Å². The zero-order valence-electron chi connectivity index (χ0n) is 15.4. The van der Waals surface area contributed by atoms with E-state index in [2.05, 4.69) is 15.5 Å². The van der Waals surface area contributed by atoms with Crippen molar-refractivity contribution in [2.75, 3.05) is 13.1 Å². The maximum atomic E-state index is 13.1. The Morgan fingerprint density at radius 2 is 1.71 bits per heavy atom. The highest BCUT2D eigenvalue weighted by atomic mass is 16.2. The fourth-order valence-corrected chi connectivity index (χ4v) is 4.97. The Balaban J connectivity index is 1.42. The summed E-state index contributed by atoms with van der Waals surface area (Å²) in [5, 5.41) is 5.82. The number of carbonyl (C=O) groups excluding carboxylic acids is 4. The van der Waals surface area contributed by atoms with Crippen LogP contribution in [-0.2, 0) is 16.1 Å². The lowest BCUT2D eigenvalue weighted by molar-refractivity contribution is -0.136. The minimum Gasteiger partial charge on any atom is -0.309 e. The molecule has 3 fully saturated rings. The number of likely N-dealkylation sites (tertiary alicyclic amines) is 1. The molecule has 8 nitrogen and oxygen atoms in total. The molecular formula is C20H22N4O4. The molecule has 2 bridgehead atoms. The smallest absolute Gasteiger partial charge is 0.262 e. The summed E-state index contributed by atoms with van der Waals surface area (Å²) in [6.07, 6.45) is 2.65. The van der Waals surface area contributed by atoms with Gasteiger partial charge >= 0.3 is 0 Å². The third-order valence-corrected chi connectivity index (χ3v) is 6.24. The van der Waals surface area contributed by atoms with Crippen molar-refractivity contribution in [3.63, 3.8) is 0 Å². The molecule has 0 aliphatic carbocycles. The second-order valence-electron chi connectivity index (χ2n) is 8.12. The quantitative estimate of drug-likeness (QED) is 0.716. The Morgan fingerprint density at radius 3 is 2.43 bits per heavy atom. The summed E-state index contributed by atoms with van der Waals surface area (Å²) in [6.45, 7) is 2.47. The lowest BCUT2D eigenvalue weighted by Crippen LogP contribution is -2.54. The average Bonchev–Trinajstić information content (AvgIpc) is 3.13. The van der Waals surface area contributed by atoms with Crippen molar-refractivity contribution < 1.29 is 19.2 Å². The number of hydrogen-bond acceptors (Lipinski definition) is 6. The first kappa shape index (κ1) is 17.5. The summed E-state index contributed by atoms with van der Waals surface area (Å²) in [7, 11) is 0. The van der Waals surface area contributed by atoms with Crippen LogP contribution in [0.25, 0.3) is 0 Å². The van der Waals surface area contributed by atoms with Crippen molar-refractivity contribution >= 4 is 23.6 Å². The normalized spacial score (nSPS) is 30.0. The van der Waals surface area contributed by atoms with E-state index in [1.807, 2.05) is 6.07 Å². The molecule has 0 saturated carbocycles. The van der Waals surface area contributed by atoms with Gasteiger partial charge in [0.15, 0.2) is 0 Å².